The molecule has 0 fully saturated rings. The van der Waals surface area contributed by atoms with E-state index in [9.17, 15) is 13.2 Å². The van der Waals surface area contributed by atoms with Gasteiger partial charge in [-0.3, -0.25) is 4.79 Å². The van der Waals surface area contributed by atoms with Crippen LogP contribution in [-0.4, -0.2) is 41.5 Å². The first-order chi connectivity index (χ1) is 17.7. The zero-order valence-corrected chi connectivity index (χ0v) is 22.4. The number of carbonyl (C=O) groups is 1. The molecule has 3 aromatic carbocycles. The zero-order valence-electron chi connectivity index (χ0n) is 21.6. The third-order valence-electron chi connectivity index (χ3n) is 6.04. The Morgan fingerprint density at radius 3 is 2.11 bits per heavy atom. The maximum Gasteiger partial charge on any atom is 0.244 e. The molecule has 0 bridgehead atoms. The molecule has 37 heavy (non-hydrogen) atoms. The molecule has 0 aliphatic rings. The molecule has 0 saturated heterocycles. The summed E-state index contributed by atoms with van der Waals surface area (Å²) in [5, 5.41) is 7.62. The van der Waals surface area contributed by atoms with Crippen LogP contribution < -0.4 is 5.32 Å². The Hall–Kier alpha value is -3.75. The highest BCUT2D eigenvalue weighted by Gasteiger charge is 2.29. The number of hydrogen-bond acceptors (Lipinski definition) is 4. The van der Waals surface area contributed by atoms with Gasteiger partial charge in [-0.1, -0.05) is 73.2 Å². The number of benzene rings is 3. The number of nitrogens with one attached hydrogen (secondary N) is 1. The monoisotopic (exact) mass is 516 g/mol. The molecular weight excluding hydrogens is 484 g/mol. The van der Waals surface area contributed by atoms with Crippen molar-refractivity contribution in [1.29, 1.82) is 0 Å². The Bertz CT molecular complexity index is 1470. The number of rotatable bonds is 9. The Morgan fingerprint density at radius 1 is 0.919 bits per heavy atom. The first kappa shape index (κ1) is 26.3. The van der Waals surface area contributed by atoms with Crippen LogP contribution >= 0.6 is 0 Å². The van der Waals surface area contributed by atoms with E-state index in [4.69, 9.17) is 5.10 Å². The minimum absolute atomic E-state index is 0.232. The van der Waals surface area contributed by atoms with Gasteiger partial charge < -0.3 is 5.32 Å². The molecule has 0 atom stereocenters. The first-order valence-corrected chi connectivity index (χ1v) is 13.7. The number of amides is 1. The van der Waals surface area contributed by atoms with Gasteiger partial charge in [0.25, 0.3) is 0 Å². The van der Waals surface area contributed by atoms with Crippen molar-refractivity contribution in [1.82, 2.24) is 14.1 Å². The van der Waals surface area contributed by atoms with Crippen LogP contribution in [0, 0.1) is 20.8 Å². The quantitative estimate of drug-likeness (QED) is 0.318. The fourth-order valence-electron chi connectivity index (χ4n) is 4.57. The summed E-state index contributed by atoms with van der Waals surface area (Å²) in [5.74, 6) is 0.0303. The molecule has 4 aromatic rings. The van der Waals surface area contributed by atoms with E-state index in [1.165, 1.54) is 4.31 Å². The summed E-state index contributed by atoms with van der Waals surface area (Å²) in [7, 11) is -3.88. The third kappa shape index (κ3) is 5.81. The number of hydrogen-bond donors (Lipinski definition) is 1. The van der Waals surface area contributed by atoms with Crippen molar-refractivity contribution in [3.8, 4) is 16.9 Å². The predicted molar refractivity (Wildman–Crippen MR) is 147 cm³/mol. The highest BCUT2D eigenvalue weighted by molar-refractivity contribution is 7.89. The summed E-state index contributed by atoms with van der Waals surface area (Å²) in [6.45, 7) is 7.35. The van der Waals surface area contributed by atoms with E-state index in [0.29, 0.717) is 29.1 Å². The number of para-hydroxylation sites is 1. The molecule has 8 heteroatoms. The van der Waals surface area contributed by atoms with Gasteiger partial charge >= 0.3 is 0 Å². The molecule has 0 aliphatic heterocycles. The van der Waals surface area contributed by atoms with E-state index < -0.39 is 15.9 Å². The van der Waals surface area contributed by atoms with E-state index in [1.807, 2.05) is 86.6 Å². The summed E-state index contributed by atoms with van der Waals surface area (Å²) < 4.78 is 30.3. The van der Waals surface area contributed by atoms with Gasteiger partial charge in [-0.2, -0.15) is 9.40 Å². The van der Waals surface area contributed by atoms with Crippen molar-refractivity contribution >= 4 is 21.7 Å². The van der Waals surface area contributed by atoms with Crippen molar-refractivity contribution in [2.45, 2.75) is 39.0 Å². The maximum absolute atomic E-state index is 13.7. The Morgan fingerprint density at radius 2 is 1.51 bits per heavy atom. The molecule has 1 heterocycles. The van der Waals surface area contributed by atoms with Gasteiger partial charge in [0.2, 0.25) is 15.9 Å². The van der Waals surface area contributed by atoms with E-state index in [-0.39, 0.29) is 18.0 Å². The molecule has 1 N–H and O–H groups in total. The highest BCUT2D eigenvalue weighted by atomic mass is 32.2. The van der Waals surface area contributed by atoms with Gasteiger partial charge in [-0.05, 0) is 50.5 Å². The van der Waals surface area contributed by atoms with Crippen molar-refractivity contribution < 1.29 is 13.2 Å². The maximum atomic E-state index is 13.7. The molecule has 4 rings (SSSR count). The molecule has 1 aromatic heterocycles. The van der Waals surface area contributed by atoms with Crippen LogP contribution in [0.1, 0.15) is 30.0 Å². The lowest BCUT2D eigenvalue weighted by Crippen LogP contribution is -2.39. The molecule has 7 nitrogen and oxygen atoms in total. The van der Waals surface area contributed by atoms with Crippen LogP contribution in [0.3, 0.4) is 0 Å². The average molecular weight is 517 g/mol. The third-order valence-corrected chi connectivity index (χ3v) is 8.19. The molecule has 0 saturated carbocycles. The largest absolute Gasteiger partial charge is 0.309 e. The summed E-state index contributed by atoms with van der Waals surface area (Å²) in [5.41, 5.74) is 4.74. The molecule has 1 amide bonds. The van der Waals surface area contributed by atoms with Crippen molar-refractivity contribution in [2.24, 2.45) is 0 Å². The minimum Gasteiger partial charge on any atom is -0.309 e. The lowest BCUT2D eigenvalue weighted by molar-refractivity contribution is -0.116. The fraction of sp³-hybridized carbons (Fsp3) is 0.241. The second-order valence-electron chi connectivity index (χ2n) is 9.14. The Labute approximate surface area is 218 Å². The smallest absolute Gasteiger partial charge is 0.244 e. The van der Waals surface area contributed by atoms with E-state index in [2.05, 4.69) is 5.32 Å². The number of aryl methyl sites for hydroxylation is 3. The summed E-state index contributed by atoms with van der Waals surface area (Å²) in [6, 6.07) is 24.7. The first-order valence-electron chi connectivity index (χ1n) is 12.3. The van der Waals surface area contributed by atoms with Crippen LogP contribution in [0.15, 0.2) is 83.8 Å². The van der Waals surface area contributed by atoms with E-state index >= 15 is 0 Å². The number of anilines is 1. The average Bonchev–Trinajstić information content (AvgIpc) is 3.27. The molecular formula is C29H32N4O3S. The Kier molecular flexibility index (Phi) is 7.90. The van der Waals surface area contributed by atoms with Crippen molar-refractivity contribution in [3.63, 3.8) is 0 Å². The van der Waals surface area contributed by atoms with Gasteiger partial charge in [-0.25, -0.2) is 13.1 Å². The normalized spacial score (nSPS) is 11.6. The fourth-order valence-corrected chi connectivity index (χ4v) is 6.47. The van der Waals surface area contributed by atoms with Crippen molar-refractivity contribution in [3.05, 3.63) is 95.6 Å². The number of sulfonamides is 1. The number of nitrogens with zero attached hydrogens (tertiary/aromatic N) is 3. The van der Waals surface area contributed by atoms with Gasteiger partial charge in [-0.15, -0.1) is 0 Å². The van der Waals surface area contributed by atoms with E-state index in [0.717, 1.165) is 16.8 Å². The standard InChI is InChI=1S/C29H32N4O3S/c1-5-16-32(37(35,36)29-22(3)17-21(2)18-23(29)4)20-28(34)30-27-19-26(24-12-8-6-9-13-24)31-33(27)25-14-10-7-11-15-25/h6-15,17-19H,5,16,20H2,1-4H3,(H,30,34). The lowest BCUT2D eigenvalue weighted by atomic mass is 10.1. The summed E-state index contributed by atoms with van der Waals surface area (Å²) >= 11 is 0. The molecule has 0 aliphatic carbocycles. The summed E-state index contributed by atoms with van der Waals surface area (Å²) in [4.78, 5) is 13.5. The van der Waals surface area contributed by atoms with Crippen LogP contribution in [0.25, 0.3) is 16.9 Å². The number of carbonyl (C=O) groups excluding carboxylic acids is 1. The minimum atomic E-state index is -3.88. The van der Waals surface area contributed by atoms with Gasteiger partial charge in [0.15, 0.2) is 0 Å². The lowest BCUT2D eigenvalue weighted by Gasteiger charge is -2.23. The van der Waals surface area contributed by atoms with Crippen LogP contribution in [0.4, 0.5) is 5.82 Å². The molecule has 192 valence electrons. The molecule has 0 unspecified atom stereocenters. The van der Waals surface area contributed by atoms with Gasteiger partial charge in [0.1, 0.15) is 5.82 Å². The van der Waals surface area contributed by atoms with Gasteiger partial charge in [0, 0.05) is 18.2 Å². The Balaban J connectivity index is 1.65. The van der Waals surface area contributed by atoms with Crippen LogP contribution in [0.5, 0.6) is 0 Å². The second-order valence-corrected chi connectivity index (χ2v) is 11.0. The summed E-state index contributed by atoms with van der Waals surface area (Å²) in [6.07, 6.45) is 0.580. The van der Waals surface area contributed by atoms with Crippen LogP contribution in [-0.2, 0) is 14.8 Å². The molecule has 0 radical (unpaired) electrons. The van der Waals surface area contributed by atoms with E-state index in [1.54, 1.807) is 24.6 Å². The SMILES string of the molecule is CCCN(CC(=O)Nc1cc(-c2ccccc2)nn1-c1ccccc1)S(=O)(=O)c1c(C)cc(C)cc1C. The van der Waals surface area contributed by atoms with Crippen LogP contribution in [0.2, 0.25) is 0 Å². The van der Waals surface area contributed by atoms with Gasteiger partial charge in [0.05, 0.1) is 22.8 Å². The van der Waals surface area contributed by atoms with Crippen molar-refractivity contribution in [2.75, 3.05) is 18.4 Å². The second kappa shape index (κ2) is 11.1. The zero-order chi connectivity index (χ0) is 26.6. The number of aromatic nitrogens is 2. The predicted octanol–water partition coefficient (Wildman–Crippen LogP) is 5.50. The molecule has 0 spiro atoms. The highest BCUT2D eigenvalue weighted by Crippen LogP contribution is 2.27. The topological polar surface area (TPSA) is 84.3 Å².